The van der Waals surface area contributed by atoms with Crippen molar-refractivity contribution in [1.29, 1.82) is 0 Å². The van der Waals surface area contributed by atoms with E-state index in [9.17, 15) is 0 Å². The lowest BCUT2D eigenvalue weighted by atomic mass is 9.96. The average molecular weight is 370 g/mol. The van der Waals surface area contributed by atoms with E-state index in [0.29, 0.717) is 29.3 Å². The number of ether oxygens (including phenoxy) is 2. The maximum absolute atomic E-state index is 6.28. The fourth-order valence-electron chi connectivity index (χ4n) is 3.14. The molecule has 0 bridgehead atoms. The third-order valence-corrected chi connectivity index (χ3v) is 4.63. The fraction of sp³-hybridized carbons (Fsp3) is 0.0833. The van der Waals surface area contributed by atoms with Crippen molar-refractivity contribution in [2.45, 2.75) is 12.2 Å². The molecule has 0 amide bonds. The molecule has 0 spiro atoms. The highest BCUT2D eigenvalue weighted by Gasteiger charge is 2.34. The van der Waals surface area contributed by atoms with Crippen LogP contribution in [-0.4, -0.2) is 5.79 Å². The minimum absolute atomic E-state index is 0.510. The molecule has 0 saturated carbocycles. The Bertz CT molecular complexity index is 978. The highest BCUT2D eigenvalue weighted by atomic mass is 16.7. The van der Waals surface area contributed by atoms with Gasteiger partial charge in [-0.3, -0.25) is 0 Å². The Labute approximate surface area is 164 Å². The Morgan fingerprint density at radius 2 is 1.21 bits per heavy atom. The topological polar surface area (TPSA) is 70.5 Å². The molecule has 4 rings (SSSR count). The molecule has 28 heavy (non-hydrogen) atoms. The zero-order chi connectivity index (χ0) is 19.4. The van der Waals surface area contributed by atoms with Crippen molar-refractivity contribution in [2.24, 2.45) is 0 Å². The van der Waals surface area contributed by atoms with Gasteiger partial charge in [0.25, 0.3) is 5.79 Å². The highest BCUT2D eigenvalue weighted by molar-refractivity contribution is 5.75. The van der Waals surface area contributed by atoms with Crippen LogP contribution < -0.4 is 20.9 Å². The summed E-state index contributed by atoms with van der Waals surface area (Å²) in [5.74, 6) is 0.0971. The van der Waals surface area contributed by atoms with Crippen molar-refractivity contribution in [1.82, 2.24) is 0 Å². The van der Waals surface area contributed by atoms with Crippen molar-refractivity contribution in [3.05, 3.63) is 103 Å². The van der Waals surface area contributed by atoms with Gasteiger partial charge in [-0.25, -0.2) is 0 Å². The van der Waals surface area contributed by atoms with Gasteiger partial charge in [-0.05, 0) is 35.4 Å². The number of nitrogen functional groups attached to an aromatic ring is 2. The van der Waals surface area contributed by atoms with E-state index in [1.165, 1.54) is 0 Å². The van der Waals surface area contributed by atoms with Gasteiger partial charge in [-0.15, -0.1) is 0 Å². The first kappa shape index (κ1) is 17.7. The van der Waals surface area contributed by atoms with Crippen molar-refractivity contribution in [3.63, 3.8) is 0 Å². The summed E-state index contributed by atoms with van der Waals surface area (Å²) in [6.07, 6.45) is 6.55. The van der Waals surface area contributed by atoms with Gasteiger partial charge in [-0.2, -0.15) is 0 Å². The van der Waals surface area contributed by atoms with E-state index < -0.39 is 5.79 Å². The van der Waals surface area contributed by atoms with Crippen LogP contribution in [0.2, 0.25) is 0 Å². The Balaban J connectivity index is 1.67. The predicted octanol–water partition coefficient (Wildman–Crippen LogP) is 5.05. The van der Waals surface area contributed by atoms with Crippen molar-refractivity contribution in [3.8, 4) is 11.5 Å². The maximum atomic E-state index is 6.28. The summed E-state index contributed by atoms with van der Waals surface area (Å²) in [4.78, 5) is 0. The van der Waals surface area contributed by atoms with Gasteiger partial charge < -0.3 is 20.9 Å². The van der Waals surface area contributed by atoms with Crippen LogP contribution in [0.4, 0.5) is 11.4 Å². The second kappa shape index (κ2) is 7.53. The molecule has 0 atom stereocenters. The normalized spacial score (nSPS) is 14.9. The first-order valence-corrected chi connectivity index (χ1v) is 9.17. The van der Waals surface area contributed by atoms with E-state index in [2.05, 4.69) is 18.2 Å². The fourth-order valence-corrected chi connectivity index (χ4v) is 3.14. The van der Waals surface area contributed by atoms with E-state index in [1.54, 1.807) is 12.1 Å². The molecule has 0 unspecified atom stereocenters. The van der Waals surface area contributed by atoms with Gasteiger partial charge in [-0.1, -0.05) is 66.7 Å². The van der Waals surface area contributed by atoms with Gasteiger partial charge in [0.15, 0.2) is 0 Å². The van der Waals surface area contributed by atoms with Crippen LogP contribution in [0, 0.1) is 0 Å². The number of anilines is 2. The Morgan fingerprint density at radius 1 is 0.679 bits per heavy atom. The predicted molar refractivity (Wildman–Crippen MR) is 114 cm³/mol. The summed E-state index contributed by atoms with van der Waals surface area (Å²) in [6, 6.07) is 25.0. The van der Waals surface area contributed by atoms with E-state index in [0.717, 1.165) is 11.1 Å². The zero-order valence-corrected chi connectivity index (χ0v) is 15.4. The van der Waals surface area contributed by atoms with Crippen LogP contribution in [-0.2, 0) is 0 Å². The van der Waals surface area contributed by atoms with Crippen molar-refractivity contribution < 1.29 is 9.47 Å². The van der Waals surface area contributed by atoms with E-state index in [-0.39, 0.29) is 0 Å². The third-order valence-electron chi connectivity index (χ3n) is 4.63. The zero-order valence-electron chi connectivity index (χ0n) is 15.4. The Kier molecular flexibility index (Phi) is 4.77. The molecule has 3 aromatic rings. The number of para-hydroxylation sites is 4. The van der Waals surface area contributed by atoms with Crippen molar-refractivity contribution in [2.75, 3.05) is 11.5 Å². The molecular weight excluding hydrogens is 348 g/mol. The van der Waals surface area contributed by atoms with Crippen molar-refractivity contribution >= 4 is 16.9 Å². The first-order valence-electron chi connectivity index (χ1n) is 9.17. The molecular formula is C24H22N2O2. The Morgan fingerprint density at radius 3 is 1.71 bits per heavy atom. The smallest absolute Gasteiger partial charge is 0.275 e. The van der Waals surface area contributed by atoms with E-state index >= 15 is 0 Å². The molecule has 140 valence electrons. The summed E-state index contributed by atoms with van der Waals surface area (Å²) in [5.41, 5.74) is 15.6. The minimum Gasteiger partial charge on any atom is -0.446 e. The van der Waals surface area contributed by atoms with Gasteiger partial charge in [0.1, 0.15) is 11.5 Å². The molecule has 4 heteroatoms. The molecule has 0 saturated heterocycles. The lowest BCUT2D eigenvalue weighted by molar-refractivity contribution is -0.0675. The lowest BCUT2D eigenvalue weighted by Gasteiger charge is -2.34. The van der Waals surface area contributed by atoms with E-state index in [4.69, 9.17) is 20.9 Å². The number of hydrogen-bond donors (Lipinski definition) is 2. The molecule has 3 aromatic carbocycles. The SMILES string of the molecule is Nc1ccccc1OC1(Oc2ccccc2N)C=CC(c2ccccc2)=CC1. The quantitative estimate of drug-likeness (QED) is 0.487. The number of allylic oxidation sites excluding steroid dienone is 2. The van der Waals surface area contributed by atoms with Crippen LogP contribution in [0.5, 0.6) is 11.5 Å². The molecule has 0 aromatic heterocycles. The largest absolute Gasteiger partial charge is 0.446 e. The Hall–Kier alpha value is -3.66. The first-order chi connectivity index (χ1) is 13.7. The molecule has 1 aliphatic carbocycles. The van der Waals surface area contributed by atoms with Crippen LogP contribution in [0.1, 0.15) is 12.0 Å². The van der Waals surface area contributed by atoms with Gasteiger partial charge in [0.2, 0.25) is 0 Å². The summed E-state index contributed by atoms with van der Waals surface area (Å²) in [7, 11) is 0. The summed E-state index contributed by atoms with van der Waals surface area (Å²) in [5, 5.41) is 0. The third kappa shape index (κ3) is 3.71. The molecule has 0 fully saturated rings. The van der Waals surface area contributed by atoms with Gasteiger partial charge in [0.05, 0.1) is 11.4 Å². The number of hydrogen-bond acceptors (Lipinski definition) is 4. The second-order valence-corrected chi connectivity index (χ2v) is 6.65. The molecule has 1 aliphatic rings. The highest BCUT2D eigenvalue weighted by Crippen LogP contribution is 2.36. The number of rotatable bonds is 5. The van der Waals surface area contributed by atoms with E-state index in [1.807, 2.05) is 66.7 Å². The average Bonchev–Trinajstić information content (AvgIpc) is 2.73. The van der Waals surface area contributed by atoms with Crippen LogP contribution >= 0.6 is 0 Å². The number of nitrogens with two attached hydrogens (primary N) is 2. The van der Waals surface area contributed by atoms with Gasteiger partial charge >= 0.3 is 0 Å². The minimum atomic E-state index is -1.04. The molecule has 0 radical (unpaired) electrons. The van der Waals surface area contributed by atoms with Crippen LogP contribution in [0.25, 0.3) is 5.57 Å². The molecule has 0 heterocycles. The molecule has 4 nitrogen and oxygen atoms in total. The molecule has 0 aliphatic heterocycles. The standard InChI is InChI=1S/C24H22N2O2/c25-20-10-4-6-12-22(20)27-24(28-23-13-7-5-11-21(23)26)16-14-19(15-17-24)18-8-2-1-3-9-18/h1-16H,17,25-26H2. The second-order valence-electron chi connectivity index (χ2n) is 6.65. The maximum Gasteiger partial charge on any atom is 0.275 e. The van der Waals surface area contributed by atoms with Crippen LogP contribution in [0.3, 0.4) is 0 Å². The molecule has 4 N–H and O–H groups in total. The number of benzene rings is 3. The monoisotopic (exact) mass is 370 g/mol. The lowest BCUT2D eigenvalue weighted by Crippen LogP contribution is -2.41. The summed E-state index contributed by atoms with van der Waals surface area (Å²) >= 11 is 0. The summed E-state index contributed by atoms with van der Waals surface area (Å²) < 4.78 is 12.6. The summed E-state index contributed by atoms with van der Waals surface area (Å²) in [6.45, 7) is 0. The van der Waals surface area contributed by atoms with Crippen LogP contribution in [0.15, 0.2) is 97.1 Å². The van der Waals surface area contributed by atoms with Gasteiger partial charge in [0, 0.05) is 12.5 Å².